The fraction of sp³-hybridized carbons (Fsp3) is 0.938. The van der Waals surface area contributed by atoms with Crippen molar-refractivity contribution in [1.82, 2.24) is 5.32 Å². The van der Waals surface area contributed by atoms with Crippen LogP contribution < -0.4 is 11.1 Å². The number of ether oxygens (including phenoxy) is 1. The number of hydrogen-bond acceptors (Lipinski definition) is 3. The van der Waals surface area contributed by atoms with Crippen molar-refractivity contribution >= 4 is 5.91 Å². The number of nitrogens with one attached hydrogen (secondary N) is 1. The van der Waals surface area contributed by atoms with Crippen LogP contribution in [0.3, 0.4) is 0 Å². The summed E-state index contributed by atoms with van der Waals surface area (Å²) in [5.41, 5.74) is 5.67. The number of carbonyl (C=O) groups is 1. The lowest BCUT2D eigenvalue weighted by Crippen LogP contribution is -2.46. The van der Waals surface area contributed by atoms with Crippen LogP contribution >= 0.6 is 0 Å². The van der Waals surface area contributed by atoms with Gasteiger partial charge in [0.05, 0.1) is 5.60 Å². The molecule has 2 saturated carbocycles. The Morgan fingerprint density at radius 1 is 1.25 bits per heavy atom. The Morgan fingerprint density at radius 3 is 2.50 bits per heavy atom. The van der Waals surface area contributed by atoms with Gasteiger partial charge in [-0.25, -0.2) is 0 Å². The Kier molecular flexibility index (Phi) is 5.85. The van der Waals surface area contributed by atoms with Crippen molar-refractivity contribution in [1.29, 1.82) is 0 Å². The summed E-state index contributed by atoms with van der Waals surface area (Å²) in [5.74, 6) is 1.55. The maximum Gasteiger partial charge on any atom is 0.246 e. The van der Waals surface area contributed by atoms with E-state index in [1.165, 1.54) is 38.5 Å². The number of hydrogen-bond donors (Lipinski definition) is 2. The molecule has 3 N–H and O–H groups in total. The van der Waals surface area contributed by atoms with Gasteiger partial charge in [0.15, 0.2) is 0 Å². The zero-order chi connectivity index (χ0) is 14.4. The standard InChI is InChI=1S/C16H30N2O2/c1-2-3-13-6-8-16(12-17,9-7-13)20-11-15(19)18-10-14-4-5-14/h13-14H,2-12,17H2,1H3,(H,18,19). The fourth-order valence-electron chi connectivity index (χ4n) is 3.16. The monoisotopic (exact) mass is 282 g/mol. The van der Waals surface area contributed by atoms with E-state index >= 15 is 0 Å². The van der Waals surface area contributed by atoms with Gasteiger partial charge in [0, 0.05) is 13.1 Å². The molecule has 0 aliphatic heterocycles. The van der Waals surface area contributed by atoms with Crippen molar-refractivity contribution in [2.75, 3.05) is 19.7 Å². The predicted molar refractivity (Wildman–Crippen MR) is 80.3 cm³/mol. The van der Waals surface area contributed by atoms with Crippen LogP contribution in [0, 0.1) is 11.8 Å². The molecule has 0 spiro atoms. The van der Waals surface area contributed by atoms with Crippen molar-refractivity contribution in [2.45, 2.75) is 63.9 Å². The van der Waals surface area contributed by atoms with Gasteiger partial charge in [-0.3, -0.25) is 4.79 Å². The van der Waals surface area contributed by atoms with Crippen LogP contribution in [-0.2, 0) is 9.53 Å². The second kappa shape index (κ2) is 7.41. The quantitative estimate of drug-likeness (QED) is 0.717. The van der Waals surface area contributed by atoms with E-state index in [2.05, 4.69) is 12.2 Å². The highest BCUT2D eigenvalue weighted by Gasteiger charge is 2.35. The molecule has 0 radical (unpaired) electrons. The average Bonchev–Trinajstić information content (AvgIpc) is 3.29. The minimum Gasteiger partial charge on any atom is -0.364 e. The summed E-state index contributed by atoms with van der Waals surface area (Å²) >= 11 is 0. The van der Waals surface area contributed by atoms with E-state index in [0.717, 1.165) is 25.3 Å². The lowest BCUT2D eigenvalue weighted by molar-refractivity contribution is -0.136. The number of carbonyl (C=O) groups excluding carboxylic acids is 1. The largest absolute Gasteiger partial charge is 0.364 e. The smallest absolute Gasteiger partial charge is 0.246 e. The number of nitrogens with two attached hydrogens (primary N) is 1. The molecule has 1 amide bonds. The highest BCUT2D eigenvalue weighted by molar-refractivity contribution is 5.77. The molecule has 0 atom stereocenters. The molecule has 2 rings (SSSR count). The summed E-state index contributed by atoms with van der Waals surface area (Å²) < 4.78 is 5.92. The number of amides is 1. The van der Waals surface area contributed by atoms with Crippen LogP contribution in [0.25, 0.3) is 0 Å². The molecular weight excluding hydrogens is 252 g/mol. The second-order valence-corrected chi connectivity index (χ2v) is 6.66. The van der Waals surface area contributed by atoms with Crippen molar-refractivity contribution in [2.24, 2.45) is 17.6 Å². The minimum absolute atomic E-state index is 0.0143. The Morgan fingerprint density at radius 2 is 1.95 bits per heavy atom. The zero-order valence-electron chi connectivity index (χ0n) is 12.8. The first-order valence-electron chi connectivity index (χ1n) is 8.28. The van der Waals surface area contributed by atoms with Crippen LogP contribution in [0.1, 0.15) is 58.3 Å². The van der Waals surface area contributed by atoms with Gasteiger partial charge >= 0.3 is 0 Å². The van der Waals surface area contributed by atoms with Gasteiger partial charge in [-0.1, -0.05) is 19.8 Å². The van der Waals surface area contributed by atoms with Gasteiger partial charge in [0.2, 0.25) is 5.91 Å². The normalized spacial score (nSPS) is 30.2. The van der Waals surface area contributed by atoms with Crippen LogP contribution in [0.4, 0.5) is 0 Å². The summed E-state index contributed by atoms with van der Waals surface area (Å²) in [5, 5.41) is 2.95. The third-order valence-corrected chi connectivity index (χ3v) is 4.88. The average molecular weight is 282 g/mol. The molecule has 0 aromatic heterocycles. The first-order valence-corrected chi connectivity index (χ1v) is 8.28. The molecule has 2 aliphatic rings. The van der Waals surface area contributed by atoms with E-state index < -0.39 is 0 Å². The van der Waals surface area contributed by atoms with E-state index in [-0.39, 0.29) is 18.1 Å². The van der Waals surface area contributed by atoms with Crippen LogP contribution in [0.2, 0.25) is 0 Å². The first kappa shape index (κ1) is 15.8. The SMILES string of the molecule is CCCC1CCC(CN)(OCC(=O)NCC2CC2)CC1. The van der Waals surface area contributed by atoms with E-state index in [4.69, 9.17) is 10.5 Å². The maximum atomic E-state index is 11.8. The highest BCUT2D eigenvalue weighted by atomic mass is 16.5. The Bertz CT molecular complexity index is 308. The van der Waals surface area contributed by atoms with Gasteiger partial charge in [-0.2, -0.15) is 0 Å². The van der Waals surface area contributed by atoms with Crippen molar-refractivity contribution in [3.63, 3.8) is 0 Å². The summed E-state index contributed by atoms with van der Waals surface area (Å²) in [6, 6.07) is 0. The topological polar surface area (TPSA) is 64.3 Å². The van der Waals surface area contributed by atoms with Crippen molar-refractivity contribution < 1.29 is 9.53 Å². The molecule has 116 valence electrons. The lowest BCUT2D eigenvalue weighted by atomic mass is 9.77. The van der Waals surface area contributed by atoms with E-state index in [9.17, 15) is 4.79 Å². The summed E-state index contributed by atoms with van der Waals surface area (Å²) in [4.78, 5) is 11.8. The Hall–Kier alpha value is -0.610. The van der Waals surface area contributed by atoms with Crippen molar-refractivity contribution in [3.05, 3.63) is 0 Å². The van der Waals surface area contributed by atoms with E-state index in [1.54, 1.807) is 0 Å². The molecule has 0 unspecified atom stereocenters. The van der Waals surface area contributed by atoms with Crippen LogP contribution in [0.5, 0.6) is 0 Å². The third kappa shape index (κ3) is 4.74. The van der Waals surface area contributed by atoms with E-state index in [0.29, 0.717) is 12.5 Å². The minimum atomic E-state index is -0.249. The molecular formula is C16H30N2O2. The lowest BCUT2D eigenvalue weighted by Gasteiger charge is -2.39. The molecule has 0 saturated heterocycles. The van der Waals surface area contributed by atoms with Gasteiger partial charge in [-0.05, 0) is 50.4 Å². The van der Waals surface area contributed by atoms with Gasteiger partial charge in [0.25, 0.3) is 0 Å². The molecule has 4 heteroatoms. The molecule has 0 aromatic rings. The third-order valence-electron chi connectivity index (χ3n) is 4.88. The Labute approximate surface area is 122 Å². The maximum absolute atomic E-state index is 11.8. The van der Waals surface area contributed by atoms with Gasteiger partial charge in [0.1, 0.15) is 6.61 Å². The first-order chi connectivity index (χ1) is 9.67. The summed E-state index contributed by atoms with van der Waals surface area (Å²) in [6.07, 6.45) is 9.46. The van der Waals surface area contributed by atoms with Gasteiger partial charge < -0.3 is 15.8 Å². The number of rotatable bonds is 8. The predicted octanol–water partition coefficient (Wildman–Crippen LogP) is 2.22. The molecule has 2 aliphatic carbocycles. The molecule has 20 heavy (non-hydrogen) atoms. The summed E-state index contributed by atoms with van der Waals surface area (Å²) in [7, 11) is 0. The van der Waals surface area contributed by atoms with Crippen LogP contribution in [-0.4, -0.2) is 31.2 Å². The molecule has 4 nitrogen and oxygen atoms in total. The molecule has 0 heterocycles. The van der Waals surface area contributed by atoms with Crippen LogP contribution in [0.15, 0.2) is 0 Å². The summed E-state index contributed by atoms with van der Waals surface area (Å²) in [6.45, 7) is 3.76. The Balaban J connectivity index is 1.69. The highest BCUT2D eigenvalue weighted by Crippen LogP contribution is 2.36. The molecule has 0 bridgehead atoms. The molecule has 2 fully saturated rings. The zero-order valence-corrected chi connectivity index (χ0v) is 12.8. The molecule has 0 aromatic carbocycles. The van der Waals surface area contributed by atoms with Gasteiger partial charge in [-0.15, -0.1) is 0 Å². The van der Waals surface area contributed by atoms with Crippen molar-refractivity contribution in [3.8, 4) is 0 Å². The second-order valence-electron chi connectivity index (χ2n) is 6.66. The fourth-order valence-corrected chi connectivity index (χ4v) is 3.16. The van der Waals surface area contributed by atoms with E-state index in [1.807, 2.05) is 0 Å².